The lowest BCUT2D eigenvalue weighted by atomic mass is 10.0. The van der Waals surface area contributed by atoms with Gasteiger partial charge in [0.05, 0.1) is 0 Å². The molecule has 0 fully saturated rings. The van der Waals surface area contributed by atoms with E-state index in [4.69, 9.17) is 11.5 Å². The van der Waals surface area contributed by atoms with Crippen molar-refractivity contribution in [3.8, 4) is 0 Å². The van der Waals surface area contributed by atoms with Crippen molar-refractivity contribution in [3.63, 3.8) is 0 Å². The zero-order valence-corrected chi connectivity index (χ0v) is 16.4. The van der Waals surface area contributed by atoms with Gasteiger partial charge >= 0.3 is 5.97 Å². The highest BCUT2D eigenvalue weighted by Gasteiger charge is 2.23. The Hall–Kier alpha value is -0.360. The lowest BCUT2D eigenvalue weighted by molar-refractivity contribution is -0.143. The van der Waals surface area contributed by atoms with Gasteiger partial charge in [-0.1, -0.05) is 71.1 Å². The molecule has 1 atom stereocenters. The number of aliphatic carboxylic acids is 1. The lowest BCUT2D eigenvalue weighted by Gasteiger charge is -2.27. The number of hydrogen-bond acceptors (Lipinski definition) is 4. The molecule has 0 heterocycles. The van der Waals surface area contributed by atoms with Crippen molar-refractivity contribution in [2.24, 2.45) is 11.5 Å². The summed E-state index contributed by atoms with van der Waals surface area (Å²) in [5.74, 6) is -0.747. The average Bonchev–Trinajstić information content (AvgIpc) is 2.52. The number of carboxylic acid groups (broad SMARTS) is 1. The first-order valence-electron chi connectivity index (χ1n) is 9.54. The molecule has 6 heteroatoms. The Morgan fingerprint density at radius 1 is 0.875 bits per heavy atom. The lowest BCUT2D eigenvalue weighted by Crippen LogP contribution is -2.46. The molecule has 24 heavy (non-hydrogen) atoms. The molecule has 0 rings (SSSR count). The van der Waals surface area contributed by atoms with E-state index in [9.17, 15) is 9.90 Å². The van der Waals surface area contributed by atoms with Gasteiger partial charge in [0.2, 0.25) is 0 Å². The van der Waals surface area contributed by atoms with Gasteiger partial charge in [-0.05, 0) is 6.42 Å². The van der Waals surface area contributed by atoms with Crippen molar-refractivity contribution in [1.29, 1.82) is 0 Å². The largest absolute Gasteiger partial charge is 0.480 e. The van der Waals surface area contributed by atoms with E-state index in [1.807, 2.05) is 4.90 Å². The maximum absolute atomic E-state index is 11.5. The number of carbonyl (C=O) groups is 1. The normalized spacial score (nSPS) is 12.2. The fourth-order valence-electron chi connectivity index (χ4n) is 3.04. The first-order chi connectivity index (χ1) is 11.2. The van der Waals surface area contributed by atoms with Crippen molar-refractivity contribution < 1.29 is 9.90 Å². The van der Waals surface area contributed by atoms with Gasteiger partial charge in [-0.25, -0.2) is 0 Å². The maximum atomic E-state index is 11.5. The fraction of sp³-hybridized carbons (Fsp3) is 0.944. The second-order valence-corrected chi connectivity index (χ2v) is 6.44. The second-order valence-electron chi connectivity index (χ2n) is 6.44. The van der Waals surface area contributed by atoms with Gasteiger partial charge in [-0.2, -0.15) is 0 Å². The van der Waals surface area contributed by atoms with Crippen molar-refractivity contribution in [2.45, 2.75) is 83.6 Å². The average molecular weight is 366 g/mol. The fourth-order valence-corrected chi connectivity index (χ4v) is 3.04. The van der Waals surface area contributed by atoms with Gasteiger partial charge in [0, 0.05) is 26.2 Å². The summed E-state index contributed by atoms with van der Waals surface area (Å²) >= 11 is 0. The predicted molar refractivity (Wildman–Crippen MR) is 105 cm³/mol. The first kappa shape index (κ1) is 25.9. The molecule has 0 spiro atoms. The van der Waals surface area contributed by atoms with Crippen LogP contribution in [0.25, 0.3) is 0 Å². The summed E-state index contributed by atoms with van der Waals surface area (Å²) < 4.78 is 0. The Morgan fingerprint density at radius 3 is 1.67 bits per heavy atom. The van der Waals surface area contributed by atoms with Crippen LogP contribution in [0, 0.1) is 0 Å². The molecule has 0 saturated carbocycles. The summed E-state index contributed by atoms with van der Waals surface area (Å²) in [6, 6.07) is -0.434. The van der Waals surface area contributed by atoms with Crippen molar-refractivity contribution >= 4 is 18.4 Å². The standard InChI is InChI=1S/C18H39N3O2.ClH/c1-2-3-4-5-6-7-8-9-10-11-12-17(18(22)23)21(15-13-19)16-14-20;/h17H,2-16,19-20H2,1H3,(H,22,23);1H. The van der Waals surface area contributed by atoms with Crippen LogP contribution in [0.3, 0.4) is 0 Å². The maximum Gasteiger partial charge on any atom is 0.320 e. The highest BCUT2D eigenvalue weighted by atomic mass is 35.5. The van der Waals surface area contributed by atoms with E-state index < -0.39 is 12.0 Å². The Morgan fingerprint density at radius 2 is 1.29 bits per heavy atom. The summed E-state index contributed by atoms with van der Waals surface area (Å²) in [5, 5.41) is 9.42. The summed E-state index contributed by atoms with van der Waals surface area (Å²) in [5.41, 5.74) is 11.2. The first-order valence-corrected chi connectivity index (χ1v) is 9.54. The van der Waals surface area contributed by atoms with Crippen molar-refractivity contribution in [3.05, 3.63) is 0 Å². The van der Waals surface area contributed by atoms with Gasteiger partial charge in [-0.3, -0.25) is 9.69 Å². The number of rotatable bonds is 17. The number of unbranched alkanes of at least 4 members (excludes halogenated alkanes) is 9. The molecule has 5 N–H and O–H groups in total. The van der Waals surface area contributed by atoms with Crippen LogP contribution in [0.2, 0.25) is 0 Å². The van der Waals surface area contributed by atoms with Crippen molar-refractivity contribution in [1.82, 2.24) is 4.90 Å². The molecule has 0 aliphatic carbocycles. The molecule has 0 radical (unpaired) electrons. The summed E-state index contributed by atoms with van der Waals surface area (Å²) in [6.07, 6.45) is 13.3. The molecule has 0 aromatic rings. The van der Waals surface area contributed by atoms with Crippen LogP contribution in [0.1, 0.15) is 77.6 Å². The Bertz CT molecular complexity index is 275. The van der Waals surface area contributed by atoms with Crippen LogP contribution in [0.5, 0.6) is 0 Å². The van der Waals surface area contributed by atoms with Gasteiger partial charge in [0.15, 0.2) is 0 Å². The molecular weight excluding hydrogens is 326 g/mol. The minimum Gasteiger partial charge on any atom is -0.480 e. The molecular formula is C18H40ClN3O2. The van der Waals surface area contributed by atoms with Gasteiger partial charge in [0.1, 0.15) is 6.04 Å². The van der Waals surface area contributed by atoms with E-state index >= 15 is 0 Å². The van der Waals surface area contributed by atoms with Crippen LogP contribution < -0.4 is 11.5 Å². The van der Waals surface area contributed by atoms with E-state index in [2.05, 4.69) is 6.92 Å². The van der Waals surface area contributed by atoms with Crippen LogP contribution in [0.15, 0.2) is 0 Å². The minimum atomic E-state index is -0.747. The Kier molecular flexibility index (Phi) is 20.5. The smallest absolute Gasteiger partial charge is 0.320 e. The van der Waals surface area contributed by atoms with Gasteiger partial charge in [-0.15, -0.1) is 12.4 Å². The topological polar surface area (TPSA) is 92.6 Å². The van der Waals surface area contributed by atoms with E-state index in [0.717, 1.165) is 12.8 Å². The van der Waals surface area contributed by atoms with Gasteiger partial charge < -0.3 is 16.6 Å². The highest BCUT2D eigenvalue weighted by Crippen LogP contribution is 2.14. The molecule has 146 valence electrons. The van der Waals surface area contributed by atoms with Crippen LogP contribution >= 0.6 is 12.4 Å². The molecule has 0 aliphatic rings. The quantitative estimate of drug-likeness (QED) is 0.343. The summed E-state index contributed by atoms with van der Waals surface area (Å²) in [7, 11) is 0. The zero-order chi connectivity index (χ0) is 17.3. The van der Waals surface area contributed by atoms with E-state index in [1.54, 1.807) is 0 Å². The van der Waals surface area contributed by atoms with E-state index in [1.165, 1.54) is 51.4 Å². The number of nitrogens with zero attached hydrogens (tertiary/aromatic N) is 1. The number of carboxylic acids is 1. The van der Waals surface area contributed by atoms with Gasteiger partial charge in [0.25, 0.3) is 0 Å². The van der Waals surface area contributed by atoms with Crippen molar-refractivity contribution in [2.75, 3.05) is 26.2 Å². The molecule has 0 saturated heterocycles. The molecule has 0 aliphatic heterocycles. The highest BCUT2D eigenvalue weighted by molar-refractivity contribution is 5.85. The predicted octanol–water partition coefficient (Wildman–Crippen LogP) is 3.39. The number of halogens is 1. The van der Waals surface area contributed by atoms with Crippen LogP contribution in [-0.4, -0.2) is 48.2 Å². The number of nitrogens with two attached hydrogens (primary N) is 2. The minimum absolute atomic E-state index is 0. The zero-order valence-electron chi connectivity index (χ0n) is 15.5. The summed E-state index contributed by atoms with van der Waals surface area (Å²) in [4.78, 5) is 13.4. The monoisotopic (exact) mass is 365 g/mol. The Balaban J connectivity index is 0. The third-order valence-corrected chi connectivity index (χ3v) is 4.39. The molecule has 0 amide bonds. The molecule has 0 aromatic carbocycles. The number of hydrogen-bond donors (Lipinski definition) is 3. The summed E-state index contributed by atoms with van der Waals surface area (Å²) in [6.45, 7) is 4.40. The van der Waals surface area contributed by atoms with E-state index in [0.29, 0.717) is 32.6 Å². The third kappa shape index (κ3) is 14.0. The second kappa shape index (κ2) is 19.0. The molecule has 0 aromatic heterocycles. The van der Waals surface area contributed by atoms with Crippen LogP contribution in [-0.2, 0) is 4.79 Å². The van der Waals surface area contributed by atoms with Crippen LogP contribution in [0.4, 0.5) is 0 Å². The molecule has 0 bridgehead atoms. The molecule has 5 nitrogen and oxygen atoms in total. The third-order valence-electron chi connectivity index (χ3n) is 4.39. The Labute approximate surface area is 154 Å². The molecule has 1 unspecified atom stereocenters. The SMILES string of the molecule is CCCCCCCCCCCCC(C(=O)O)N(CCN)CCN.Cl. The van der Waals surface area contributed by atoms with E-state index in [-0.39, 0.29) is 12.4 Å².